The van der Waals surface area contributed by atoms with E-state index < -0.39 is 0 Å². The van der Waals surface area contributed by atoms with Crippen LogP contribution in [-0.4, -0.2) is 38.6 Å². The second-order valence-electron chi connectivity index (χ2n) is 7.39. The number of nitrogens with one attached hydrogen (secondary N) is 2. The van der Waals surface area contributed by atoms with Crippen LogP contribution in [0.4, 0.5) is 5.00 Å². The van der Waals surface area contributed by atoms with Gasteiger partial charge in [-0.2, -0.15) is 0 Å². The van der Waals surface area contributed by atoms with Crippen LogP contribution < -0.4 is 10.2 Å². The molecule has 1 aliphatic heterocycles. The second kappa shape index (κ2) is 8.32. The summed E-state index contributed by atoms with van der Waals surface area (Å²) in [5.41, 5.74) is 1.68. The number of carbonyl (C=O) groups excluding carboxylic acids is 2. The molecule has 2 heterocycles. The first-order valence-corrected chi connectivity index (χ1v) is 10.3. The smallest absolute Gasteiger partial charge is 0.341 e. The third-order valence-corrected chi connectivity index (χ3v) is 6.71. The van der Waals surface area contributed by atoms with Gasteiger partial charge in [0.1, 0.15) is 5.00 Å². The van der Waals surface area contributed by atoms with Crippen LogP contribution in [0.2, 0.25) is 0 Å². The van der Waals surface area contributed by atoms with Gasteiger partial charge >= 0.3 is 5.97 Å². The Bertz CT molecular complexity index is 633. The van der Waals surface area contributed by atoms with Gasteiger partial charge in [-0.25, -0.2) is 4.79 Å². The van der Waals surface area contributed by atoms with Crippen LogP contribution in [0.1, 0.15) is 59.8 Å². The number of likely N-dealkylation sites (tertiary alicyclic amines) is 1. The highest BCUT2D eigenvalue weighted by atomic mass is 32.1. The quantitative estimate of drug-likeness (QED) is 0.785. The van der Waals surface area contributed by atoms with Crippen LogP contribution in [0, 0.1) is 5.92 Å². The average molecular weight is 366 g/mol. The molecule has 0 unspecified atom stereocenters. The Labute approximate surface area is 153 Å². The normalized spacial score (nSPS) is 23.0. The minimum atomic E-state index is -0.328. The van der Waals surface area contributed by atoms with Gasteiger partial charge in [0.25, 0.3) is 0 Å². The Hall–Kier alpha value is -1.40. The maximum absolute atomic E-state index is 12.4. The molecule has 2 N–H and O–H groups in total. The summed E-state index contributed by atoms with van der Waals surface area (Å²) >= 11 is 1.56. The number of aryl methyl sites for hydroxylation is 1. The first-order chi connectivity index (χ1) is 12.1. The fourth-order valence-corrected chi connectivity index (χ4v) is 5.17. The third kappa shape index (κ3) is 4.42. The monoisotopic (exact) mass is 365 g/mol. The minimum Gasteiger partial charge on any atom is -0.465 e. The first-order valence-electron chi connectivity index (χ1n) is 9.44. The maximum atomic E-state index is 12.4. The molecule has 0 bridgehead atoms. The van der Waals surface area contributed by atoms with Crippen LogP contribution in [0.5, 0.6) is 0 Å². The van der Waals surface area contributed by atoms with Crippen molar-refractivity contribution in [3.63, 3.8) is 0 Å². The number of hydrogen-bond acceptors (Lipinski definition) is 4. The van der Waals surface area contributed by atoms with Crippen molar-refractivity contribution in [3.05, 3.63) is 16.0 Å². The summed E-state index contributed by atoms with van der Waals surface area (Å²) in [5.74, 6) is 0.498. The first kappa shape index (κ1) is 18.4. The summed E-state index contributed by atoms with van der Waals surface area (Å²) in [6.07, 6.45) is 7.16. The number of amides is 1. The van der Waals surface area contributed by atoms with E-state index in [0.29, 0.717) is 17.0 Å². The zero-order chi connectivity index (χ0) is 17.8. The number of quaternary nitrogens is 1. The van der Waals surface area contributed by atoms with Crippen LogP contribution in [0.25, 0.3) is 0 Å². The van der Waals surface area contributed by atoms with Gasteiger partial charge in [0.05, 0.1) is 38.7 Å². The van der Waals surface area contributed by atoms with Crippen molar-refractivity contribution < 1.29 is 19.2 Å². The predicted octanol–water partition coefficient (Wildman–Crippen LogP) is 2.06. The lowest BCUT2D eigenvalue weighted by atomic mass is 9.95. The van der Waals surface area contributed by atoms with E-state index >= 15 is 0 Å². The van der Waals surface area contributed by atoms with Crippen molar-refractivity contribution in [3.8, 4) is 0 Å². The topological polar surface area (TPSA) is 59.8 Å². The van der Waals surface area contributed by atoms with Crippen LogP contribution in [-0.2, 0) is 22.4 Å². The van der Waals surface area contributed by atoms with E-state index in [-0.39, 0.29) is 11.9 Å². The molecule has 0 spiro atoms. The van der Waals surface area contributed by atoms with E-state index in [2.05, 4.69) is 12.2 Å². The van der Waals surface area contributed by atoms with E-state index in [9.17, 15) is 9.59 Å². The molecular weight excluding hydrogens is 336 g/mol. The second-order valence-corrected chi connectivity index (χ2v) is 8.49. The molecule has 138 valence electrons. The Kier molecular flexibility index (Phi) is 6.12. The van der Waals surface area contributed by atoms with Crippen molar-refractivity contribution >= 4 is 28.2 Å². The van der Waals surface area contributed by atoms with E-state index in [1.54, 1.807) is 11.3 Å². The summed E-state index contributed by atoms with van der Waals surface area (Å²) in [5, 5.41) is 3.68. The molecule has 1 aromatic rings. The Morgan fingerprint density at radius 2 is 1.96 bits per heavy atom. The van der Waals surface area contributed by atoms with Crippen LogP contribution >= 0.6 is 11.3 Å². The Morgan fingerprint density at radius 3 is 2.68 bits per heavy atom. The molecule has 3 rings (SSSR count). The van der Waals surface area contributed by atoms with Gasteiger partial charge in [-0.1, -0.05) is 6.92 Å². The highest BCUT2D eigenvalue weighted by molar-refractivity contribution is 7.17. The Balaban J connectivity index is 1.62. The highest BCUT2D eigenvalue weighted by Gasteiger charge is 2.27. The van der Waals surface area contributed by atoms with Crippen molar-refractivity contribution in [2.75, 3.05) is 32.1 Å². The summed E-state index contributed by atoms with van der Waals surface area (Å²) in [6, 6.07) is 0. The number of methoxy groups -OCH3 is 1. The van der Waals surface area contributed by atoms with Crippen molar-refractivity contribution in [2.24, 2.45) is 5.92 Å². The third-order valence-electron chi connectivity index (χ3n) is 5.50. The molecule has 0 atom stereocenters. The zero-order valence-corrected chi connectivity index (χ0v) is 16.1. The molecule has 1 aliphatic carbocycles. The van der Waals surface area contributed by atoms with Gasteiger partial charge in [0, 0.05) is 4.88 Å². The van der Waals surface area contributed by atoms with E-state index in [1.165, 1.54) is 29.7 Å². The Morgan fingerprint density at radius 1 is 1.24 bits per heavy atom. The fraction of sp³-hybridized carbons (Fsp3) is 0.684. The van der Waals surface area contributed by atoms with Gasteiger partial charge in [0.15, 0.2) is 0 Å². The van der Waals surface area contributed by atoms with E-state index in [0.717, 1.165) is 56.8 Å². The zero-order valence-electron chi connectivity index (χ0n) is 15.3. The van der Waals surface area contributed by atoms with Gasteiger partial charge in [-0.05, 0) is 50.0 Å². The summed E-state index contributed by atoms with van der Waals surface area (Å²) < 4.78 is 4.96. The van der Waals surface area contributed by atoms with Crippen LogP contribution in [0.15, 0.2) is 0 Å². The molecule has 1 aromatic heterocycles. The van der Waals surface area contributed by atoms with Crippen molar-refractivity contribution in [1.82, 2.24) is 0 Å². The molecule has 0 radical (unpaired) electrons. The van der Waals surface area contributed by atoms with Crippen LogP contribution in [0.3, 0.4) is 0 Å². The molecule has 6 heteroatoms. The average Bonchev–Trinajstić information content (AvgIpc) is 2.98. The lowest BCUT2D eigenvalue weighted by Crippen LogP contribution is -3.13. The number of carbonyl (C=O) groups is 2. The molecular formula is C19H29N2O3S+. The molecule has 5 nitrogen and oxygen atoms in total. The summed E-state index contributed by atoms with van der Waals surface area (Å²) in [4.78, 5) is 27.4. The predicted molar refractivity (Wildman–Crippen MR) is 99.5 cm³/mol. The number of esters is 1. The van der Waals surface area contributed by atoms with Crippen molar-refractivity contribution in [2.45, 2.75) is 51.9 Å². The molecule has 0 aromatic carbocycles. The highest BCUT2D eigenvalue weighted by Crippen LogP contribution is 2.38. The van der Waals surface area contributed by atoms with E-state index in [1.807, 2.05) is 0 Å². The van der Waals surface area contributed by atoms with Gasteiger partial charge in [0.2, 0.25) is 5.91 Å². The molecule has 25 heavy (non-hydrogen) atoms. The number of fused-ring (bicyclic) bond motifs is 1. The number of ether oxygens (including phenoxy) is 1. The maximum Gasteiger partial charge on any atom is 0.341 e. The largest absolute Gasteiger partial charge is 0.465 e. The lowest BCUT2D eigenvalue weighted by Gasteiger charge is -2.27. The number of piperidine rings is 1. The van der Waals surface area contributed by atoms with Crippen molar-refractivity contribution in [1.29, 1.82) is 0 Å². The molecule has 1 saturated heterocycles. The lowest BCUT2D eigenvalue weighted by molar-refractivity contribution is -0.905. The molecule has 1 amide bonds. The van der Waals surface area contributed by atoms with E-state index in [4.69, 9.17) is 4.74 Å². The SMILES string of the molecule is COC(=O)c1c(NC(=O)CC[NH+]2CCC(C)CC2)sc2c1CCCC2. The number of hydrogen-bond donors (Lipinski definition) is 2. The minimum absolute atomic E-state index is 0.00914. The number of thiophene rings is 1. The van der Waals surface area contributed by atoms with Gasteiger partial charge < -0.3 is 15.0 Å². The standard InChI is InChI=1S/C19H28N2O3S/c1-13-7-10-21(11-8-13)12-9-16(22)20-18-17(19(23)24-2)14-5-3-4-6-15(14)25-18/h13H,3-12H2,1-2H3,(H,20,22)/p+1. The fourth-order valence-electron chi connectivity index (χ4n) is 3.87. The molecule has 0 saturated carbocycles. The summed E-state index contributed by atoms with van der Waals surface area (Å²) in [6.45, 7) is 5.50. The van der Waals surface area contributed by atoms with Gasteiger partial charge in [-0.15, -0.1) is 11.3 Å². The number of rotatable bonds is 5. The number of anilines is 1. The van der Waals surface area contributed by atoms with Gasteiger partial charge in [-0.3, -0.25) is 4.79 Å². The summed E-state index contributed by atoms with van der Waals surface area (Å²) in [7, 11) is 1.40. The molecule has 2 aliphatic rings. The molecule has 1 fully saturated rings.